The summed E-state index contributed by atoms with van der Waals surface area (Å²) in [7, 11) is 0.557. The Hall–Kier alpha value is -0.0831. The molecule has 0 heterocycles. The van der Waals surface area contributed by atoms with E-state index in [1.165, 1.54) is 12.5 Å². The number of hydrogen-bond donors (Lipinski definition) is 0. The van der Waals surface area contributed by atoms with Crippen LogP contribution < -0.4 is 0 Å². The molecule has 0 aliphatic carbocycles. The summed E-state index contributed by atoms with van der Waals surface area (Å²) in [5.74, 6) is 0. The van der Waals surface area contributed by atoms with Gasteiger partial charge in [0.05, 0.1) is 0 Å². The molecule has 0 radical (unpaired) electrons. The average molecular weight is 158 g/mol. The number of rotatable bonds is 5. The van der Waals surface area contributed by atoms with Gasteiger partial charge in [0.15, 0.2) is 8.32 Å². The minimum absolute atomic E-state index is 1.12. The topological polar surface area (TPSA) is 9.23 Å². The lowest BCUT2D eigenvalue weighted by Gasteiger charge is -2.18. The van der Waals surface area contributed by atoms with Crippen molar-refractivity contribution in [2.24, 2.45) is 0 Å². The monoisotopic (exact) mass is 158 g/mol. The first-order valence-electron chi connectivity index (χ1n) is 3.78. The van der Waals surface area contributed by atoms with Crippen molar-refractivity contribution in [1.29, 1.82) is 0 Å². The van der Waals surface area contributed by atoms with Crippen molar-refractivity contribution in [1.82, 2.24) is 0 Å². The van der Waals surface area contributed by atoms with E-state index in [0.717, 1.165) is 6.42 Å². The fourth-order valence-electron chi connectivity index (χ4n) is 0.774. The van der Waals surface area contributed by atoms with Crippen molar-refractivity contribution >= 4 is 8.32 Å². The van der Waals surface area contributed by atoms with Crippen molar-refractivity contribution in [2.75, 3.05) is 7.11 Å². The molecule has 0 spiro atoms. The van der Waals surface area contributed by atoms with E-state index < -0.39 is 8.32 Å². The largest absolute Gasteiger partial charge is 0.420 e. The van der Waals surface area contributed by atoms with Crippen LogP contribution >= 0.6 is 0 Å². The Kier molecular flexibility index (Phi) is 4.65. The molecule has 0 bridgehead atoms. The fraction of sp³-hybridized carbons (Fsp3) is 0.750. The zero-order valence-electron chi connectivity index (χ0n) is 7.31. The predicted molar refractivity (Wildman–Crippen MR) is 48.7 cm³/mol. The molecule has 0 aromatic heterocycles. The predicted octanol–water partition coefficient (Wildman–Crippen LogP) is 2.80. The smallest absolute Gasteiger partial charge is 0.186 e. The maximum atomic E-state index is 5.39. The molecule has 0 saturated heterocycles. The molecule has 0 fully saturated rings. The molecule has 0 N–H and O–H groups in total. The molecule has 60 valence electrons. The first-order chi connectivity index (χ1) is 4.62. The lowest BCUT2D eigenvalue weighted by molar-refractivity contribution is 0.402. The van der Waals surface area contributed by atoms with Crippen LogP contribution in [0.5, 0.6) is 0 Å². The van der Waals surface area contributed by atoms with Crippen molar-refractivity contribution in [2.45, 2.75) is 32.0 Å². The van der Waals surface area contributed by atoms with Gasteiger partial charge in [-0.15, -0.1) is 6.58 Å². The average Bonchev–Trinajstić information content (AvgIpc) is 1.89. The molecular weight excluding hydrogens is 140 g/mol. The minimum atomic E-state index is -1.26. The third-order valence-corrected chi connectivity index (χ3v) is 4.40. The van der Waals surface area contributed by atoms with Gasteiger partial charge in [-0.1, -0.05) is 12.5 Å². The lowest BCUT2D eigenvalue weighted by Crippen LogP contribution is -2.27. The summed E-state index contributed by atoms with van der Waals surface area (Å²) in [6.07, 6.45) is 4.33. The maximum Gasteiger partial charge on any atom is 0.186 e. The highest BCUT2D eigenvalue weighted by Crippen LogP contribution is 2.13. The van der Waals surface area contributed by atoms with Gasteiger partial charge in [0, 0.05) is 7.11 Å². The normalized spacial score (nSPS) is 11.5. The van der Waals surface area contributed by atoms with Gasteiger partial charge < -0.3 is 4.43 Å². The van der Waals surface area contributed by atoms with Gasteiger partial charge in [0.2, 0.25) is 0 Å². The Morgan fingerprint density at radius 2 is 2.10 bits per heavy atom. The summed E-state index contributed by atoms with van der Waals surface area (Å²) in [6.45, 7) is 8.17. The number of unbranched alkanes of at least 4 members (excludes halogenated alkanes) is 1. The summed E-state index contributed by atoms with van der Waals surface area (Å²) >= 11 is 0. The molecule has 0 saturated carbocycles. The molecule has 0 aromatic carbocycles. The minimum Gasteiger partial charge on any atom is -0.420 e. The number of hydrogen-bond acceptors (Lipinski definition) is 1. The Bertz CT molecular complexity index is 99.4. The Labute approximate surface area is 65.2 Å². The highest BCUT2D eigenvalue weighted by atomic mass is 28.4. The standard InChI is InChI=1S/C8H18OSi/c1-5-6-7-8-10(3,4)9-2/h5H,1,6-8H2,2-4H3. The Morgan fingerprint density at radius 1 is 1.50 bits per heavy atom. The highest BCUT2D eigenvalue weighted by Gasteiger charge is 2.18. The Morgan fingerprint density at radius 3 is 2.50 bits per heavy atom. The van der Waals surface area contributed by atoms with Gasteiger partial charge in [0.1, 0.15) is 0 Å². The third-order valence-electron chi connectivity index (χ3n) is 1.74. The van der Waals surface area contributed by atoms with E-state index in [4.69, 9.17) is 4.43 Å². The van der Waals surface area contributed by atoms with Crippen molar-refractivity contribution in [3.63, 3.8) is 0 Å². The van der Waals surface area contributed by atoms with E-state index in [1.807, 2.05) is 13.2 Å². The van der Waals surface area contributed by atoms with E-state index in [9.17, 15) is 0 Å². The van der Waals surface area contributed by atoms with Crippen molar-refractivity contribution < 1.29 is 4.43 Å². The molecule has 0 aromatic rings. The van der Waals surface area contributed by atoms with Crippen molar-refractivity contribution in [3.8, 4) is 0 Å². The van der Waals surface area contributed by atoms with Crippen molar-refractivity contribution in [3.05, 3.63) is 12.7 Å². The molecule has 0 unspecified atom stereocenters. The molecule has 0 atom stereocenters. The summed E-state index contributed by atoms with van der Waals surface area (Å²) < 4.78 is 5.39. The molecule has 1 nitrogen and oxygen atoms in total. The van der Waals surface area contributed by atoms with Gasteiger partial charge in [-0.2, -0.15) is 0 Å². The zero-order chi connectivity index (χ0) is 8.04. The van der Waals surface area contributed by atoms with E-state index in [-0.39, 0.29) is 0 Å². The summed E-state index contributed by atoms with van der Waals surface area (Å²) in [5, 5.41) is 0. The summed E-state index contributed by atoms with van der Waals surface area (Å²) in [4.78, 5) is 0. The van der Waals surface area contributed by atoms with Crippen LogP contribution in [0.4, 0.5) is 0 Å². The molecule has 0 aliphatic rings. The first-order valence-corrected chi connectivity index (χ1v) is 6.90. The second-order valence-corrected chi connectivity index (χ2v) is 7.57. The third kappa shape index (κ3) is 4.76. The molecule has 0 amide bonds. The van der Waals surface area contributed by atoms with E-state index in [2.05, 4.69) is 19.7 Å². The SMILES string of the molecule is C=CCCC[Si](C)(C)OC. The fourth-order valence-corrected chi connectivity index (χ4v) is 2.03. The van der Waals surface area contributed by atoms with E-state index in [1.54, 1.807) is 0 Å². The summed E-state index contributed by atoms with van der Waals surface area (Å²) in [6, 6.07) is 1.25. The van der Waals surface area contributed by atoms with Crippen LogP contribution in [-0.2, 0) is 4.43 Å². The van der Waals surface area contributed by atoms with Gasteiger partial charge in [-0.25, -0.2) is 0 Å². The molecule has 0 rings (SSSR count). The summed E-state index contributed by atoms with van der Waals surface area (Å²) in [5.41, 5.74) is 0. The quantitative estimate of drug-likeness (QED) is 0.339. The van der Waals surface area contributed by atoms with Gasteiger partial charge in [-0.05, 0) is 25.6 Å². The maximum absolute atomic E-state index is 5.39. The van der Waals surface area contributed by atoms with Crippen LogP contribution in [0.1, 0.15) is 12.8 Å². The molecule has 2 heteroatoms. The van der Waals surface area contributed by atoms with E-state index in [0.29, 0.717) is 0 Å². The van der Waals surface area contributed by atoms with Gasteiger partial charge in [-0.3, -0.25) is 0 Å². The first kappa shape index (κ1) is 9.92. The highest BCUT2D eigenvalue weighted by molar-refractivity contribution is 6.71. The zero-order valence-corrected chi connectivity index (χ0v) is 8.31. The molecular formula is C8H18OSi. The second kappa shape index (κ2) is 4.69. The van der Waals surface area contributed by atoms with E-state index >= 15 is 0 Å². The van der Waals surface area contributed by atoms with Crippen LogP contribution in [0.2, 0.25) is 19.1 Å². The van der Waals surface area contributed by atoms with Crippen LogP contribution in [0.3, 0.4) is 0 Å². The number of allylic oxidation sites excluding steroid dienone is 1. The second-order valence-electron chi connectivity index (χ2n) is 3.14. The molecule has 10 heavy (non-hydrogen) atoms. The van der Waals surface area contributed by atoms with Crippen LogP contribution in [0.25, 0.3) is 0 Å². The Balaban J connectivity index is 3.36. The van der Waals surface area contributed by atoms with Gasteiger partial charge in [0.25, 0.3) is 0 Å². The van der Waals surface area contributed by atoms with Gasteiger partial charge >= 0.3 is 0 Å². The lowest BCUT2D eigenvalue weighted by atomic mass is 10.3. The van der Waals surface area contributed by atoms with Crippen LogP contribution in [0, 0.1) is 0 Å². The van der Waals surface area contributed by atoms with Crippen LogP contribution in [0.15, 0.2) is 12.7 Å². The molecule has 0 aliphatic heterocycles. The van der Waals surface area contributed by atoms with Crippen LogP contribution in [-0.4, -0.2) is 15.4 Å².